The maximum atomic E-state index is 12.7. The summed E-state index contributed by atoms with van der Waals surface area (Å²) in [4.78, 5) is 23.9. The highest BCUT2D eigenvalue weighted by atomic mass is 32.1. The lowest BCUT2D eigenvalue weighted by Gasteiger charge is -2.23. The predicted octanol–water partition coefficient (Wildman–Crippen LogP) is 4.35. The van der Waals surface area contributed by atoms with Gasteiger partial charge in [-0.25, -0.2) is 14.8 Å². The number of aryl methyl sites for hydroxylation is 2. The molecule has 1 aromatic carbocycles. The van der Waals surface area contributed by atoms with Crippen molar-refractivity contribution in [1.82, 2.24) is 20.2 Å². The zero-order valence-corrected chi connectivity index (χ0v) is 15.8. The number of hydrogen-bond acceptors (Lipinski definition) is 4. The summed E-state index contributed by atoms with van der Waals surface area (Å²) in [7, 11) is 0. The quantitative estimate of drug-likeness (QED) is 0.749. The van der Waals surface area contributed by atoms with Crippen LogP contribution >= 0.6 is 11.3 Å². The molecular weight excluding hydrogens is 344 g/mol. The number of nitrogens with one attached hydrogen (secondary N) is 1. The monoisotopic (exact) mass is 366 g/mol. The number of rotatable bonds is 3. The second-order valence-electron chi connectivity index (χ2n) is 6.76. The molecule has 4 rings (SSSR count). The molecule has 0 radical (unpaired) electrons. The van der Waals surface area contributed by atoms with E-state index in [9.17, 15) is 4.79 Å². The first-order valence-electron chi connectivity index (χ1n) is 8.95. The molecule has 2 aromatic heterocycles. The molecule has 1 N–H and O–H groups in total. The predicted molar refractivity (Wildman–Crippen MR) is 104 cm³/mol. The van der Waals surface area contributed by atoms with Crippen LogP contribution in [-0.2, 0) is 6.54 Å². The van der Waals surface area contributed by atoms with Crippen molar-refractivity contribution in [2.45, 2.75) is 39.3 Å². The van der Waals surface area contributed by atoms with E-state index in [1.54, 1.807) is 11.3 Å². The Bertz CT molecular complexity index is 899. The van der Waals surface area contributed by atoms with Crippen molar-refractivity contribution in [2.75, 3.05) is 6.54 Å². The summed E-state index contributed by atoms with van der Waals surface area (Å²) < 4.78 is 1.10. The van der Waals surface area contributed by atoms with Gasteiger partial charge in [-0.05, 0) is 43.9 Å². The highest BCUT2D eigenvalue weighted by Gasteiger charge is 2.32. The van der Waals surface area contributed by atoms with Gasteiger partial charge < -0.3 is 10.2 Å². The third-order valence-corrected chi connectivity index (χ3v) is 6.02. The van der Waals surface area contributed by atoms with Crippen LogP contribution < -0.4 is 5.32 Å². The van der Waals surface area contributed by atoms with Crippen molar-refractivity contribution < 1.29 is 4.79 Å². The van der Waals surface area contributed by atoms with Gasteiger partial charge in [0.25, 0.3) is 0 Å². The molecular formula is C20H22N4OS. The van der Waals surface area contributed by atoms with Gasteiger partial charge in [-0.2, -0.15) is 0 Å². The zero-order valence-electron chi connectivity index (χ0n) is 15.0. The van der Waals surface area contributed by atoms with E-state index in [1.165, 1.54) is 5.56 Å². The lowest BCUT2D eigenvalue weighted by atomic mass is 10.2. The molecule has 26 heavy (non-hydrogen) atoms. The minimum absolute atomic E-state index is 0.0177. The van der Waals surface area contributed by atoms with Crippen LogP contribution in [0, 0.1) is 13.8 Å². The molecule has 0 bridgehead atoms. The van der Waals surface area contributed by atoms with Gasteiger partial charge in [0, 0.05) is 18.8 Å². The van der Waals surface area contributed by atoms with E-state index in [4.69, 9.17) is 4.98 Å². The molecule has 1 aliphatic rings. The van der Waals surface area contributed by atoms with E-state index in [1.807, 2.05) is 42.2 Å². The first kappa shape index (κ1) is 17.0. The van der Waals surface area contributed by atoms with Crippen LogP contribution in [0.1, 0.15) is 40.7 Å². The smallest absolute Gasteiger partial charge is 0.318 e. The molecule has 6 heteroatoms. The number of carbonyl (C=O) groups excluding carboxylic acids is 1. The van der Waals surface area contributed by atoms with E-state index < -0.39 is 0 Å². The Morgan fingerprint density at radius 2 is 2.08 bits per heavy atom. The number of benzene rings is 1. The maximum absolute atomic E-state index is 12.7. The van der Waals surface area contributed by atoms with Gasteiger partial charge in [0.15, 0.2) is 5.65 Å². The maximum Gasteiger partial charge on any atom is 0.318 e. The Balaban J connectivity index is 1.51. The Kier molecular flexibility index (Phi) is 4.59. The normalized spacial score (nSPS) is 17.0. The van der Waals surface area contributed by atoms with Crippen molar-refractivity contribution >= 4 is 27.7 Å². The van der Waals surface area contributed by atoms with E-state index in [2.05, 4.69) is 23.3 Å². The number of thiazole rings is 1. The van der Waals surface area contributed by atoms with E-state index in [0.29, 0.717) is 6.54 Å². The number of likely N-dealkylation sites (tertiary alicyclic amines) is 1. The topological polar surface area (TPSA) is 58.1 Å². The van der Waals surface area contributed by atoms with Crippen LogP contribution in [-0.4, -0.2) is 27.4 Å². The van der Waals surface area contributed by atoms with Gasteiger partial charge in [0.2, 0.25) is 0 Å². The Morgan fingerprint density at radius 3 is 2.88 bits per heavy atom. The van der Waals surface area contributed by atoms with Crippen LogP contribution in [0.5, 0.6) is 0 Å². The third kappa shape index (κ3) is 3.29. The molecule has 0 saturated carbocycles. The fourth-order valence-corrected chi connectivity index (χ4v) is 4.50. The van der Waals surface area contributed by atoms with Crippen molar-refractivity contribution in [2.24, 2.45) is 0 Å². The summed E-state index contributed by atoms with van der Waals surface area (Å²) in [6, 6.07) is 12.2. The highest BCUT2D eigenvalue weighted by molar-refractivity contribution is 7.18. The second kappa shape index (κ2) is 7.03. The van der Waals surface area contributed by atoms with Crippen LogP contribution in [0.4, 0.5) is 4.79 Å². The Morgan fingerprint density at radius 1 is 1.27 bits per heavy atom. The van der Waals surface area contributed by atoms with Crippen LogP contribution in [0.2, 0.25) is 0 Å². The molecule has 0 spiro atoms. The average Bonchev–Trinajstić information content (AvgIpc) is 3.27. The number of nitrogens with zero attached hydrogens (tertiary/aromatic N) is 3. The molecule has 1 unspecified atom stereocenters. The minimum Gasteiger partial charge on any atom is -0.334 e. The molecule has 1 aliphatic heterocycles. The molecule has 134 valence electrons. The molecule has 3 heterocycles. The Labute approximate surface area is 157 Å². The van der Waals surface area contributed by atoms with Gasteiger partial charge in [-0.3, -0.25) is 0 Å². The summed E-state index contributed by atoms with van der Waals surface area (Å²) in [5.74, 6) is 0. The third-order valence-electron chi connectivity index (χ3n) is 4.93. The van der Waals surface area contributed by atoms with Gasteiger partial charge >= 0.3 is 6.03 Å². The van der Waals surface area contributed by atoms with E-state index in [-0.39, 0.29) is 12.1 Å². The zero-order chi connectivity index (χ0) is 18.1. The first-order chi connectivity index (χ1) is 12.6. The van der Waals surface area contributed by atoms with Crippen molar-refractivity contribution in [3.05, 3.63) is 58.2 Å². The number of pyridine rings is 1. The molecule has 2 amide bonds. The largest absolute Gasteiger partial charge is 0.334 e. The summed E-state index contributed by atoms with van der Waals surface area (Å²) in [5.41, 5.74) is 4.09. The molecule has 0 aliphatic carbocycles. The summed E-state index contributed by atoms with van der Waals surface area (Å²) in [6.07, 6.45) is 1.96. The Hall–Kier alpha value is -2.47. The first-order valence-corrected chi connectivity index (χ1v) is 9.76. The number of amides is 2. The van der Waals surface area contributed by atoms with Crippen LogP contribution in [0.15, 0.2) is 36.4 Å². The van der Waals surface area contributed by atoms with Crippen molar-refractivity contribution in [1.29, 1.82) is 0 Å². The summed E-state index contributed by atoms with van der Waals surface area (Å²) >= 11 is 1.66. The fraction of sp³-hybridized carbons (Fsp3) is 0.350. The van der Waals surface area contributed by atoms with Gasteiger partial charge in [-0.1, -0.05) is 30.3 Å². The van der Waals surface area contributed by atoms with E-state index >= 15 is 0 Å². The van der Waals surface area contributed by atoms with Crippen LogP contribution in [0.25, 0.3) is 10.3 Å². The fourth-order valence-electron chi connectivity index (χ4n) is 3.35. The SMILES string of the molecule is Cc1cc2sc(C3CCCN3C(=O)NCc3ccccc3)nc2nc1C. The lowest BCUT2D eigenvalue weighted by Crippen LogP contribution is -2.39. The van der Waals surface area contributed by atoms with Crippen molar-refractivity contribution in [3.63, 3.8) is 0 Å². The molecule has 1 atom stereocenters. The standard InChI is InChI=1S/C20H22N4OS/c1-13-11-17-18(22-14(13)2)23-19(26-17)16-9-6-10-24(16)20(25)21-12-15-7-4-3-5-8-15/h3-5,7-8,11,16H,6,9-10,12H2,1-2H3,(H,21,25). The second-order valence-corrected chi connectivity index (χ2v) is 7.82. The van der Waals surface area contributed by atoms with Gasteiger partial charge in [-0.15, -0.1) is 11.3 Å². The number of carbonyl (C=O) groups is 1. The van der Waals surface area contributed by atoms with Gasteiger partial charge in [0.1, 0.15) is 5.01 Å². The number of urea groups is 1. The van der Waals surface area contributed by atoms with Crippen molar-refractivity contribution in [3.8, 4) is 0 Å². The summed E-state index contributed by atoms with van der Waals surface area (Å²) in [5, 5.41) is 4.03. The number of fused-ring (bicyclic) bond motifs is 1. The number of hydrogen-bond donors (Lipinski definition) is 1. The lowest BCUT2D eigenvalue weighted by molar-refractivity contribution is 0.192. The van der Waals surface area contributed by atoms with Gasteiger partial charge in [0.05, 0.1) is 10.7 Å². The number of aromatic nitrogens is 2. The average molecular weight is 366 g/mol. The summed E-state index contributed by atoms with van der Waals surface area (Å²) in [6.45, 7) is 5.39. The molecule has 3 aromatic rings. The minimum atomic E-state index is -0.0177. The highest BCUT2D eigenvalue weighted by Crippen LogP contribution is 2.36. The molecule has 1 fully saturated rings. The van der Waals surface area contributed by atoms with Crippen LogP contribution in [0.3, 0.4) is 0 Å². The van der Waals surface area contributed by atoms with E-state index in [0.717, 1.165) is 46.0 Å². The molecule has 5 nitrogen and oxygen atoms in total. The molecule has 1 saturated heterocycles.